The van der Waals surface area contributed by atoms with Crippen molar-refractivity contribution >= 4 is 11.2 Å². The Bertz CT molecular complexity index is 355. The van der Waals surface area contributed by atoms with Gasteiger partial charge in [0.15, 0.2) is 5.52 Å². The van der Waals surface area contributed by atoms with Crippen LogP contribution in [-0.2, 0) is 0 Å². The zero-order chi connectivity index (χ0) is 6.97. The van der Waals surface area contributed by atoms with Crippen molar-refractivity contribution in [3.63, 3.8) is 0 Å². The SMILES string of the molecule is Cc1ccnc2nonc12. The zero-order valence-electron chi connectivity index (χ0n) is 5.40. The summed E-state index contributed by atoms with van der Waals surface area (Å²) in [5.74, 6) is 0. The Hall–Kier alpha value is -1.45. The molecule has 0 aliphatic heterocycles. The fraction of sp³-hybridized carbons (Fsp3) is 0.167. The fourth-order valence-corrected chi connectivity index (χ4v) is 0.816. The lowest BCUT2D eigenvalue weighted by Gasteiger charge is -1.85. The highest BCUT2D eigenvalue weighted by molar-refractivity contribution is 5.71. The molecule has 2 aromatic heterocycles. The second-order valence-corrected chi connectivity index (χ2v) is 2.06. The van der Waals surface area contributed by atoms with Gasteiger partial charge in [-0.2, -0.15) is 0 Å². The van der Waals surface area contributed by atoms with E-state index in [0.717, 1.165) is 11.1 Å². The summed E-state index contributed by atoms with van der Waals surface area (Å²) in [7, 11) is 0. The molecule has 0 saturated heterocycles. The summed E-state index contributed by atoms with van der Waals surface area (Å²) in [6.45, 7) is 1.94. The Morgan fingerprint density at radius 3 is 3.10 bits per heavy atom. The van der Waals surface area contributed by atoms with Gasteiger partial charge in [0.1, 0.15) is 0 Å². The molecule has 4 nitrogen and oxygen atoms in total. The molecule has 0 N–H and O–H groups in total. The van der Waals surface area contributed by atoms with Gasteiger partial charge in [0.05, 0.1) is 0 Å². The summed E-state index contributed by atoms with van der Waals surface area (Å²) in [6.07, 6.45) is 1.68. The van der Waals surface area contributed by atoms with E-state index in [1.807, 2.05) is 13.0 Å². The average Bonchev–Trinajstić information content (AvgIpc) is 2.36. The molecular formula is C6H5N3O. The summed E-state index contributed by atoms with van der Waals surface area (Å²) < 4.78 is 4.48. The number of fused-ring (bicyclic) bond motifs is 1. The van der Waals surface area contributed by atoms with Gasteiger partial charge in [0, 0.05) is 6.20 Å². The van der Waals surface area contributed by atoms with Crippen LogP contribution in [0.15, 0.2) is 16.9 Å². The van der Waals surface area contributed by atoms with Gasteiger partial charge in [-0.1, -0.05) is 0 Å². The largest absolute Gasteiger partial charge is 0.242 e. The molecule has 50 valence electrons. The number of pyridine rings is 1. The van der Waals surface area contributed by atoms with Crippen LogP contribution in [0.3, 0.4) is 0 Å². The third-order valence-electron chi connectivity index (χ3n) is 1.37. The minimum Gasteiger partial charge on any atom is -0.242 e. The molecule has 0 amide bonds. The topological polar surface area (TPSA) is 51.8 Å². The van der Waals surface area contributed by atoms with Crippen molar-refractivity contribution in [1.82, 2.24) is 15.3 Å². The van der Waals surface area contributed by atoms with Gasteiger partial charge in [-0.25, -0.2) is 9.61 Å². The van der Waals surface area contributed by atoms with Crippen molar-refractivity contribution in [2.45, 2.75) is 6.92 Å². The van der Waals surface area contributed by atoms with Crippen molar-refractivity contribution in [1.29, 1.82) is 0 Å². The molecular weight excluding hydrogens is 130 g/mol. The first-order valence-corrected chi connectivity index (χ1v) is 2.92. The minimum absolute atomic E-state index is 0.569. The van der Waals surface area contributed by atoms with Crippen LogP contribution in [0.5, 0.6) is 0 Å². The van der Waals surface area contributed by atoms with Crippen LogP contribution in [0.4, 0.5) is 0 Å². The van der Waals surface area contributed by atoms with Gasteiger partial charge in [0.25, 0.3) is 0 Å². The fourth-order valence-electron chi connectivity index (χ4n) is 0.816. The van der Waals surface area contributed by atoms with Crippen molar-refractivity contribution < 1.29 is 4.63 Å². The highest BCUT2D eigenvalue weighted by atomic mass is 16.6. The average molecular weight is 135 g/mol. The summed E-state index contributed by atoms with van der Waals surface area (Å²) >= 11 is 0. The third kappa shape index (κ3) is 0.586. The van der Waals surface area contributed by atoms with E-state index in [-0.39, 0.29) is 0 Å². The summed E-state index contributed by atoms with van der Waals surface area (Å²) in [5.41, 5.74) is 2.34. The lowest BCUT2D eigenvalue weighted by molar-refractivity contribution is 0.314. The lowest BCUT2D eigenvalue weighted by atomic mass is 10.3. The van der Waals surface area contributed by atoms with Crippen LogP contribution < -0.4 is 0 Å². The second-order valence-electron chi connectivity index (χ2n) is 2.06. The highest BCUT2D eigenvalue weighted by Gasteiger charge is 2.01. The summed E-state index contributed by atoms with van der Waals surface area (Å²) in [5, 5.41) is 7.25. The van der Waals surface area contributed by atoms with Crippen molar-refractivity contribution in [2.24, 2.45) is 0 Å². The molecule has 0 saturated carbocycles. The Morgan fingerprint density at radius 2 is 2.30 bits per heavy atom. The number of aryl methyl sites for hydroxylation is 1. The Balaban J connectivity index is 2.95. The smallest absolute Gasteiger partial charge is 0.224 e. The molecule has 4 heteroatoms. The van der Waals surface area contributed by atoms with E-state index in [1.54, 1.807) is 6.20 Å². The maximum absolute atomic E-state index is 4.48. The number of aromatic nitrogens is 3. The van der Waals surface area contributed by atoms with Crippen LogP contribution in [0, 0.1) is 6.92 Å². The van der Waals surface area contributed by atoms with Crippen molar-refractivity contribution in [2.75, 3.05) is 0 Å². The molecule has 0 radical (unpaired) electrons. The Kier molecular flexibility index (Phi) is 0.943. The van der Waals surface area contributed by atoms with Crippen LogP contribution in [0.2, 0.25) is 0 Å². The molecule has 0 fully saturated rings. The first-order valence-electron chi connectivity index (χ1n) is 2.92. The Labute approximate surface area is 56.8 Å². The van der Waals surface area contributed by atoms with Gasteiger partial charge >= 0.3 is 0 Å². The van der Waals surface area contributed by atoms with Gasteiger partial charge in [-0.15, -0.1) is 0 Å². The summed E-state index contributed by atoms with van der Waals surface area (Å²) in [4.78, 5) is 3.93. The van der Waals surface area contributed by atoms with Crippen LogP contribution in [-0.4, -0.2) is 15.3 Å². The van der Waals surface area contributed by atoms with Crippen LogP contribution >= 0.6 is 0 Å². The molecule has 10 heavy (non-hydrogen) atoms. The predicted molar refractivity (Wildman–Crippen MR) is 34.3 cm³/mol. The first-order chi connectivity index (χ1) is 4.88. The molecule has 0 spiro atoms. The van der Waals surface area contributed by atoms with E-state index in [9.17, 15) is 0 Å². The van der Waals surface area contributed by atoms with E-state index >= 15 is 0 Å². The summed E-state index contributed by atoms with van der Waals surface area (Å²) in [6, 6.07) is 1.87. The molecule has 0 aliphatic rings. The van der Waals surface area contributed by atoms with Crippen molar-refractivity contribution in [3.05, 3.63) is 17.8 Å². The molecule has 2 rings (SSSR count). The highest BCUT2D eigenvalue weighted by Crippen LogP contribution is 2.08. The molecule has 2 aromatic rings. The van der Waals surface area contributed by atoms with Crippen LogP contribution in [0.1, 0.15) is 5.56 Å². The maximum Gasteiger partial charge on any atom is 0.224 e. The van der Waals surface area contributed by atoms with Gasteiger partial charge in [0.2, 0.25) is 5.65 Å². The molecule has 0 atom stereocenters. The third-order valence-corrected chi connectivity index (χ3v) is 1.37. The van der Waals surface area contributed by atoms with Gasteiger partial charge < -0.3 is 0 Å². The zero-order valence-corrected chi connectivity index (χ0v) is 5.40. The van der Waals surface area contributed by atoms with E-state index in [1.165, 1.54) is 0 Å². The minimum atomic E-state index is 0.569. The quantitative estimate of drug-likeness (QED) is 0.539. The maximum atomic E-state index is 4.48. The van der Waals surface area contributed by atoms with E-state index in [4.69, 9.17) is 0 Å². The van der Waals surface area contributed by atoms with Crippen molar-refractivity contribution in [3.8, 4) is 0 Å². The van der Waals surface area contributed by atoms with Gasteiger partial charge in [-0.3, -0.25) is 0 Å². The molecule has 0 aliphatic carbocycles. The van der Waals surface area contributed by atoms with E-state index in [2.05, 4.69) is 19.9 Å². The normalized spacial score (nSPS) is 10.5. The Morgan fingerprint density at radius 1 is 1.40 bits per heavy atom. The van der Waals surface area contributed by atoms with Crippen LogP contribution in [0.25, 0.3) is 11.2 Å². The first kappa shape index (κ1) is 5.34. The lowest BCUT2D eigenvalue weighted by Crippen LogP contribution is -1.78. The number of nitrogens with zero attached hydrogens (tertiary/aromatic N) is 3. The molecule has 2 heterocycles. The number of hydrogen-bond donors (Lipinski definition) is 0. The monoisotopic (exact) mass is 135 g/mol. The molecule has 0 unspecified atom stereocenters. The number of hydrogen-bond acceptors (Lipinski definition) is 4. The van der Waals surface area contributed by atoms with E-state index in [0.29, 0.717) is 5.65 Å². The standard InChI is InChI=1S/C6H5N3O/c1-4-2-3-7-6-5(4)8-10-9-6/h2-3H,1H3. The molecule has 0 aromatic carbocycles. The number of rotatable bonds is 0. The second kappa shape index (κ2) is 1.76. The van der Waals surface area contributed by atoms with Gasteiger partial charge in [-0.05, 0) is 28.9 Å². The molecule has 0 bridgehead atoms. The predicted octanol–water partition coefficient (Wildman–Crippen LogP) is 0.926. The van der Waals surface area contributed by atoms with E-state index < -0.39 is 0 Å².